The number of furan rings is 1. The molecule has 1 fully saturated rings. The van der Waals surface area contributed by atoms with E-state index in [4.69, 9.17) is 10.2 Å². The van der Waals surface area contributed by atoms with Crippen molar-refractivity contribution in [1.82, 2.24) is 4.90 Å². The van der Waals surface area contributed by atoms with E-state index in [1.807, 2.05) is 11.0 Å². The summed E-state index contributed by atoms with van der Waals surface area (Å²) >= 11 is 3.43. The van der Waals surface area contributed by atoms with Gasteiger partial charge >= 0.3 is 0 Å². The third kappa shape index (κ3) is 2.40. The van der Waals surface area contributed by atoms with Gasteiger partial charge in [0, 0.05) is 19.0 Å². The Morgan fingerprint density at radius 2 is 2.35 bits per heavy atom. The van der Waals surface area contributed by atoms with Crippen molar-refractivity contribution in [3.8, 4) is 0 Å². The minimum absolute atomic E-state index is 0.111. The second-order valence-electron chi connectivity index (χ2n) is 4.89. The lowest BCUT2D eigenvalue weighted by Crippen LogP contribution is -2.35. The van der Waals surface area contributed by atoms with Gasteiger partial charge in [-0.15, -0.1) is 0 Å². The van der Waals surface area contributed by atoms with Crippen molar-refractivity contribution in [2.75, 3.05) is 6.54 Å². The van der Waals surface area contributed by atoms with Crippen LogP contribution >= 0.6 is 15.9 Å². The van der Waals surface area contributed by atoms with E-state index in [0.29, 0.717) is 18.9 Å². The van der Waals surface area contributed by atoms with Crippen molar-refractivity contribution in [1.29, 1.82) is 0 Å². The molecular formula is C12H17BrN2O2. The maximum absolute atomic E-state index is 11.9. The molecule has 5 heteroatoms. The maximum Gasteiger partial charge on any atom is 0.224 e. The van der Waals surface area contributed by atoms with E-state index in [-0.39, 0.29) is 18.0 Å². The first-order valence-corrected chi connectivity index (χ1v) is 6.58. The SMILES string of the molecule is CC(C)CN1C(=O)CC(N)C1c1occc1Br. The molecule has 2 N–H and O–H groups in total. The standard InChI is InChI=1S/C12H17BrN2O2/c1-7(2)6-15-10(16)5-9(14)11(15)12-8(13)3-4-17-12/h3-4,7,9,11H,5-6,14H2,1-2H3. The van der Waals surface area contributed by atoms with Crippen molar-refractivity contribution in [2.45, 2.75) is 32.4 Å². The number of halogens is 1. The van der Waals surface area contributed by atoms with Crippen molar-refractivity contribution >= 4 is 21.8 Å². The topological polar surface area (TPSA) is 59.5 Å². The maximum atomic E-state index is 11.9. The van der Waals surface area contributed by atoms with Crippen LogP contribution in [0.1, 0.15) is 32.1 Å². The Hall–Kier alpha value is -0.810. The smallest absolute Gasteiger partial charge is 0.224 e. The first kappa shape index (κ1) is 12.6. The molecule has 2 atom stereocenters. The largest absolute Gasteiger partial charge is 0.466 e. The van der Waals surface area contributed by atoms with E-state index in [0.717, 1.165) is 10.2 Å². The lowest BCUT2D eigenvalue weighted by molar-refractivity contribution is -0.129. The molecule has 17 heavy (non-hydrogen) atoms. The van der Waals surface area contributed by atoms with Gasteiger partial charge in [0.15, 0.2) is 0 Å². The average molecular weight is 301 g/mol. The Bertz CT molecular complexity index is 416. The second kappa shape index (κ2) is 4.82. The van der Waals surface area contributed by atoms with Crippen LogP contribution in [0.25, 0.3) is 0 Å². The summed E-state index contributed by atoms with van der Waals surface area (Å²) in [5.74, 6) is 1.28. The molecule has 2 unspecified atom stereocenters. The highest BCUT2D eigenvalue weighted by Crippen LogP contribution is 2.36. The normalized spacial score (nSPS) is 25.0. The summed E-state index contributed by atoms with van der Waals surface area (Å²) in [6.45, 7) is 4.89. The number of carbonyl (C=O) groups excluding carboxylic acids is 1. The van der Waals surface area contributed by atoms with Gasteiger partial charge in [-0.2, -0.15) is 0 Å². The molecule has 0 radical (unpaired) electrons. The monoisotopic (exact) mass is 300 g/mol. The number of rotatable bonds is 3. The van der Waals surface area contributed by atoms with E-state index in [2.05, 4.69) is 29.8 Å². The zero-order valence-electron chi connectivity index (χ0n) is 10.0. The van der Waals surface area contributed by atoms with Crippen LogP contribution in [0.15, 0.2) is 21.2 Å². The van der Waals surface area contributed by atoms with Crippen LogP contribution in [-0.4, -0.2) is 23.4 Å². The van der Waals surface area contributed by atoms with Crippen LogP contribution in [-0.2, 0) is 4.79 Å². The van der Waals surface area contributed by atoms with Crippen molar-refractivity contribution in [2.24, 2.45) is 11.7 Å². The van der Waals surface area contributed by atoms with Crippen molar-refractivity contribution in [3.05, 3.63) is 22.6 Å². The lowest BCUT2D eigenvalue weighted by Gasteiger charge is -2.27. The fourth-order valence-electron chi connectivity index (χ4n) is 2.28. The second-order valence-corrected chi connectivity index (χ2v) is 5.74. The van der Waals surface area contributed by atoms with E-state index < -0.39 is 0 Å². The van der Waals surface area contributed by atoms with Crippen molar-refractivity contribution < 1.29 is 9.21 Å². The predicted molar refractivity (Wildman–Crippen MR) is 68.3 cm³/mol. The fourth-order valence-corrected chi connectivity index (χ4v) is 2.71. The predicted octanol–water partition coefficient (Wildman–Crippen LogP) is 2.30. The van der Waals surface area contributed by atoms with Gasteiger partial charge in [-0.05, 0) is 27.9 Å². The quantitative estimate of drug-likeness (QED) is 0.932. The molecule has 1 aromatic heterocycles. The lowest BCUT2D eigenvalue weighted by atomic mass is 10.1. The molecule has 0 saturated carbocycles. The Morgan fingerprint density at radius 1 is 1.65 bits per heavy atom. The molecule has 1 aliphatic rings. The highest BCUT2D eigenvalue weighted by atomic mass is 79.9. The Labute approximate surface area is 109 Å². The zero-order chi connectivity index (χ0) is 12.6. The van der Waals surface area contributed by atoms with Crippen LogP contribution in [0.3, 0.4) is 0 Å². The summed E-state index contributed by atoms with van der Waals surface area (Å²) in [6.07, 6.45) is 2.01. The Balaban J connectivity index is 2.29. The van der Waals surface area contributed by atoms with Gasteiger partial charge < -0.3 is 15.1 Å². The number of likely N-dealkylation sites (tertiary alicyclic amines) is 1. The van der Waals surface area contributed by atoms with Crippen LogP contribution in [0.4, 0.5) is 0 Å². The van der Waals surface area contributed by atoms with Gasteiger partial charge in [-0.25, -0.2) is 0 Å². The zero-order valence-corrected chi connectivity index (χ0v) is 11.6. The number of amides is 1. The van der Waals surface area contributed by atoms with Gasteiger partial charge in [0.1, 0.15) is 11.8 Å². The van der Waals surface area contributed by atoms with Crippen LogP contribution in [0, 0.1) is 5.92 Å². The molecule has 1 aromatic rings. The molecule has 1 saturated heterocycles. The molecule has 4 nitrogen and oxygen atoms in total. The van der Waals surface area contributed by atoms with Gasteiger partial charge in [-0.1, -0.05) is 13.8 Å². The summed E-state index contributed by atoms with van der Waals surface area (Å²) in [6, 6.07) is 1.50. The number of hydrogen-bond acceptors (Lipinski definition) is 3. The summed E-state index contributed by atoms with van der Waals surface area (Å²) in [4.78, 5) is 13.8. The third-order valence-corrected chi connectivity index (χ3v) is 3.60. The molecule has 2 heterocycles. The van der Waals surface area contributed by atoms with Gasteiger partial charge in [0.25, 0.3) is 0 Å². The highest BCUT2D eigenvalue weighted by Gasteiger charge is 2.41. The first-order valence-electron chi connectivity index (χ1n) is 5.78. The fraction of sp³-hybridized carbons (Fsp3) is 0.583. The number of hydrogen-bond donors (Lipinski definition) is 1. The molecule has 0 aromatic carbocycles. The Morgan fingerprint density at radius 3 is 2.88 bits per heavy atom. The first-order chi connectivity index (χ1) is 8.00. The summed E-state index contributed by atoms with van der Waals surface area (Å²) in [5, 5.41) is 0. The van der Waals surface area contributed by atoms with Crippen LogP contribution in [0.5, 0.6) is 0 Å². The Kier molecular flexibility index (Phi) is 3.58. The molecule has 0 aliphatic carbocycles. The molecular weight excluding hydrogens is 284 g/mol. The van der Waals surface area contributed by atoms with E-state index in [1.165, 1.54) is 0 Å². The van der Waals surface area contributed by atoms with Crippen molar-refractivity contribution in [3.63, 3.8) is 0 Å². The van der Waals surface area contributed by atoms with Crippen LogP contribution < -0.4 is 5.73 Å². The highest BCUT2D eigenvalue weighted by molar-refractivity contribution is 9.10. The number of carbonyl (C=O) groups is 1. The summed E-state index contributed by atoms with van der Waals surface area (Å²) in [5.41, 5.74) is 6.05. The van der Waals surface area contributed by atoms with E-state index in [9.17, 15) is 4.79 Å². The summed E-state index contributed by atoms with van der Waals surface area (Å²) < 4.78 is 6.33. The van der Waals surface area contributed by atoms with Gasteiger partial charge in [0.2, 0.25) is 5.91 Å². The van der Waals surface area contributed by atoms with Gasteiger partial charge in [0.05, 0.1) is 10.7 Å². The molecule has 1 amide bonds. The summed E-state index contributed by atoms with van der Waals surface area (Å²) in [7, 11) is 0. The van der Waals surface area contributed by atoms with E-state index >= 15 is 0 Å². The molecule has 0 bridgehead atoms. The number of nitrogens with two attached hydrogens (primary N) is 1. The average Bonchev–Trinajstić information content (AvgIpc) is 2.72. The third-order valence-electron chi connectivity index (χ3n) is 2.95. The molecule has 94 valence electrons. The molecule has 1 aliphatic heterocycles. The van der Waals surface area contributed by atoms with E-state index in [1.54, 1.807) is 6.26 Å². The van der Waals surface area contributed by atoms with Crippen LogP contribution in [0.2, 0.25) is 0 Å². The number of nitrogens with zero attached hydrogens (tertiary/aromatic N) is 1. The minimum Gasteiger partial charge on any atom is -0.466 e. The van der Waals surface area contributed by atoms with Gasteiger partial charge in [-0.3, -0.25) is 4.79 Å². The minimum atomic E-state index is -0.191. The molecule has 0 spiro atoms. The molecule has 2 rings (SSSR count).